The van der Waals surface area contributed by atoms with Crippen molar-refractivity contribution >= 4 is 16.5 Å². The molecule has 0 unspecified atom stereocenters. The van der Waals surface area contributed by atoms with Crippen molar-refractivity contribution in [3.8, 4) is 5.75 Å². The second-order valence-corrected chi connectivity index (χ2v) is 5.34. The first-order chi connectivity index (χ1) is 8.63. The third-order valence-corrected chi connectivity index (χ3v) is 4.11. The molecule has 0 spiro atoms. The molecule has 0 amide bonds. The van der Waals surface area contributed by atoms with Gasteiger partial charge in [0.2, 0.25) is 0 Å². The standard InChI is InChI=1S/C14H18N2OS/c1-9-7-11(5-6-12(9)17-4)8-13-10(2)16-14(15-3)18-13/h5-7H,8H2,1-4H3,(H,15,16). The summed E-state index contributed by atoms with van der Waals surface area (Å²) in [6.07, 6.45) is 0.927. The second kappa shape index (κ2) is 5.40. The fraction of sp³-hybridized carbons (Fsp3) is 0.357. The third-order valence-electron chi connectivity index (χ3n) is 2.93. The average molecular weight is 262 g/mol. The second-order valence-electron chi connectivity index (χ2n) is 4.26. The maximum atomic E-state index is 5.28. The molecule has 96 valence electrons. The molecule has 0 saturated heterocycles. The minimum atomic E-state index is 0.927. The number of hydrogen-bond donors (Lipinski definition) is 1. The highest BCUT2D eigenvalue weighted by molar-refractivity contribution is 7.15. The Labute approximate surface area is 112 Å². The Balaban J connectivity index is 2.22. The molecule has 0 aliphatic rings. The minimum absolute atomic E-state index is 0.927. The molecule has 3 nitrogen and oxygen atoms in total. The van der Waals surface area contributed by atoms with Gasteiger partial charge < -0.3 is 10.1 Å². The SMILES string of the molecule is CNc1nc(C)c(Cc2ccc(OC)c(C)c2)s1. The number of thiazole rings is 1. The first kappa shape index (κ1) is 12.9. The van der Waals surface area contributed by atoms with E-state index >= 15 is 0 Å². The zero-order chi connectivity index (χ0) is 13.1. The van der Waals surface area contributed by atoms with Crippen molar-refractivity contribution in [2.24, 2.45) is 0 Å². The van der Waals surface area contributed by atoms with Gasteiger partial charge in [-0.1, -0.05) is 12.1 Å². The van der Waals surface area contributed by atoms with Crippen molar-refractivity contribution in [3.63, 3.8) is 0 Å². The van der Waals surface area contributed by atoms with E-state index < -0.39 is 0 Å². The van der Waals surface area contributed by atoms with Crippen LogP contribution in [0.1, 0.15) is 21.7 Å². The Kier molecular flexibility index (Phi) is 3.87. The molecule has 4 heteroatoms. The van der Waals surface area contributed by atoms with Gasteiger partial charge in [0.15, 0.2) is 5.13 Å². The summed E-state index contributed by atoms with van der Waals surface area (Å²) in [6, 6.07) is 6.32. The number of nitrogens with one attached hydrogen (secondary N) is 1. The van der Waals surface area contributed by atoms with Crippen LogP contribution in [0.25, 0.3) is 0 Å². The van der Waals surface area contributed by atoms with Gasteiger partial charge in [-0.15, -0.1) is 11.3 Å². The predicted octanol–water partition coefficient (Wildman–Crippen LogP) is 3.40. The van der Waals surface area contributed by atoms with E-state index in [0.29, 0.717) is 0 Å². The Bertz CT molecular complexity index is 549. The molecular formula is C14H18N2OS. The summed E-state index contributed by atoms with van der Waals surface area (Å²) < 4.78 is 5.28. The summed E-state index contributed by atoms with van der Waals surface area (Å²) in [5.41, 5.74) is 3.58. The summed E-state index contributed by atoms with van der Waals surface area (Å²) >= 11 is 1.72. The van der Waals surface area contributed by atoms with Crippen molar-refractivity contribution in [2.75, 3.05) is 19.5 Å². The monoisotopic (exact) mass is 262 g/mol. The van der Waals surface area contributed by atoms with Gasteiger partial charge in [-0.2, -0.15) is 0 Å². The van der Waals surface area contributed by atoms with Gasteiger partial charge in [0.1, 0.15) is 5.75 Å². The van der Waals surface area contributed by atoms with Crippen LogP contribution in [0.2, 0.25) is 0 Å². The quantitative estimate of drug-likeness (QED) is 0.917. The van der Waals surface area contributed by atoms with Gasteiger partial charge in [-0.25, -0.2) is 4.98 Å². The molecule has 1 aromatic heterocycles. The predicted molar refractivity (Wildman–Crippen MR) is 76.9 cm³/mol. The number of nitrogens with zero attached hydrogens (tertiary/aromatic N) is 1. The molecule has 1 heterocycles. The lowest BCUT2D eigenvalue weighted by Crippen LogP contribution is -1.92. The topological polar surface area (TPSA) is 34.2 Å². The lowest BCUT2D eigenvalue weighted by molar-refractivity contribution is 0.411. The van der Waals surface area contributed by atoms with Gasteiger partial charge >= 0.3 is 0 Å². The average Bonchev–Trinajstić information content (AvgIpc) is 2.70. The van der Waals surface area contributed by atoms with E-state index in [9.17, 15) is 0 Å². The van der Waals surface area contributed by atoms with E-state index in [2.05, 4.69) is 36.3 Å². The fourth-order valence-electron chi connectivity index (χ4n) is 1.93. The molecule has 0 saturated carbocycles. The van der Waals surface area contributed by atoms with Crippen molar-refractivity contribution in [1.29, 1.82) is 0 Å². The van der Waals surface area contributed by atoms with Crippen LogP contribution in [0.5, 0.6) is 5.75 Å². The third kappa shape index (κ3) is 2.64. The zero-order valence-electron chi connectivity index (χ0n) is 11.2. The van der Waals surface area contributed by atoms with E-state index in [0.717, 1.165) is 23.0 Å². The molecule has 0 fully saturated rings. The zero-order valence-corrected chi connectivity index (χ0v) is 12.0. The Hall–Kier alpha value is -1.55. The number of aryl methyl sites for hydroxylation is 2. The molecule has 1 aromatic carbocycles. The molecule has 0 aliphatic heterocycles. The molecular weight excluding hydrogens is 244 g/mol. The van der Waals surface area contributed by atoms with Crippen LogP contribution in [-0.4, -0.2) is 19.1 Å². The van der Waals surface area contributed by atoms with Crippen LogP contribution >= 0.6 is 11.3 Å². The Morgan fingerprint density at radius 2 is 2.11 bits per heavy atom. The largest absolute Gasteiger partial charge is 0.496 e. The maximum Gasteiger partial charge on any atom is 0.182 e. The van der Waals surface area contributed by atoms with E-state index in [-0.39, 0.29) is 0 Å². The molecule has 1 N–H and O–H groups in total. The molecule has 2 aromatic rings. The van der Waals surface area contributed by atoms with Crippen LogP contribution in [0.3, 0.4) is 0 Å². The summed E-state index contributed by atoms with van der Waals surface area (Å²) in [7, 11) is 3.61. The van der Waals surface area contributed by atoms with Crippen LogP contribution in [0.15, 0.2) is 18.2 Å². The van der Waals surface area contributed by atoms with Crippen molar-refractivity contribution in [3.05, 3.63) is 39.9 Å². The molecule has 0 aliphatic carbocycles. The number of rotatable bonds is 4. The maximum absolute atomic E-state index is 5.28. The minimum Gasteiger partial charge on any atom is -0.496 e. The van der Waals surface area contributed by atoms with Crippen LogP contribution < -0.4 is 10.1 Å². The Morgan fingerprint density at radius 3 is 2.67 bits per heavy atom. The molecule has 0 atom stereocenters. The molecule has 18 heavy (non-hydrogen) atoms. The van der Waals surface area contributed by atoms with E-state index in [1.165, 1.54) is 16.0 Å². The number of aromatic nitrogens is 1. The normalized spacial score (nSPS) is 10.4. The first-order valence-corrected chi connectivity index (χ1v) is 6.73. The number of ether oxygens (including phenoxy) is 1. The van der Waals surface area contributed by atoms with Gasteiger partial charge in [0, 0.05) is 18.3 Å². The number of methoxy groups -OCH3 is 1. The van der Waals surface area contributed by atoms with Crippen LogP contribution in [-0.2, 0) is 6.42 Å². The van der Waals surface area contributed by atoms with Crippen LogP contribution in [0.4, 0.5) is 5.13 Å². The molecule has 0 bridgehead atoms. The van der Waals surface area contributed by atoms with E-state index in [1.54, 1.807) is 18.4 Å². The number of anilines is 1. The van der Waals surface area contributed by atoms with E-state index in [1.807, 2.05) is 13.1 Å². The highest BCUT2D eigenvalue weighted by atomic mass is 32.1. The van der Waals surface area contributed by atoms with Gasteiger partial charge in [0.05, 0.1) is 12.8 Å². The Morgan fingerprint density at radius 1 is 1.33 bits per heavy atom. The van der Waals surface area contributed by atoms with Gasteiger partial charge in [0.25, 0.3) is 0 Å². The highest BCUT2D eigenvalue weighted by Gasteiger charge is 2.08. The summed E-state index contributed by atoms with van der Waals surface area (Å²) in [4.78, 5) is 5.77. The lowest BCUT2D eigenvalue weighted by atomic mass is 10.1. The highest BCUT2D eigenvalue weighted by Crippen LogP contribution is 2.26. The van der Waals surface area contributed by atoms with Crippen molar-refractivity contribution < 1.29 is 4.74 Å². The smallest absolute Gasteiger partial charge is 0.182 e. The van der Waals surface area contributed by atoms with Gasteiger partial charge in [-0.05, 0) is 31.0 Å². The van der Waals surface area contributed by atoms with Crippen LogP contribution in [0, 0.1) is 13.8 Å². The number of hydrogen-bond acceptors (Lipinski definition) is 4. The fourth-order valence-corrected chi connectivity index (χ4v) is 2.89. The summed E-state index contributed by atoms with van der Waals surface area (Å²) in [5.74, 6) is 0.940. The van der Waals surface area contributed by atoms with Gasteiger partial charge in [-0.3, -0.25) is 0 Å². The first-order valence-electron chi connectivity index (χ1n) is 5.91. The summed E-state index contributed by atoms with van der Waals surface area (Å²) in [5, 5.41) is 4.07. The van der Waals surface area contributed by atoms with Crippen molar-refractivity contribution in [2.45, 2.75) is 20.3 Å². The summed E-state index contributed by atoms with van der Waals surface area (Å²) in [6.45, 7) is 4.13. The van der Waals surface area contributed by atoms with E-state index in [4.69, 9.17) is 4.74 Å². The molecule has 0 radical (unpaired) electrons. The number of benzene rings is 1. The lowest BCUT2D eigenvalue weighted by Gasteiger charge is -2.06. The molecule has 2 rings (SSSR count). The van der Waals surface area contributed by atoms with Crippen molar-refractivity contribution in [1.82, 2.24) is 4.98 Å².